The zero-order chi connectivity index (χ0) is 17.7. The van der Waals surface area contributed by atoms with Gasteiger partial charge >= 0.3 is 0 Å². The van der Waals surface area contributed by atoms with Crippen LogP contribution in [0.4, 0.5) is 4.39 Å². The predicted molar refractivity (Wildman–Crippen MR) is 101 cm³/mol. The van der Waals surface area contributed by atoms with Gasteiger partial charge < -0.3 is 4.74 Å². The Balaban J connectivity index is 1.61. The highest BCUT2D eigenvalue weighted by Crippen LogP contribution is 2.48. The van der Waals surface area contributed by atoms with Crippen LogP contribution in [-0.2, 0) is 0 Å². The Kier molecular flexibility index (Phi) is 3.72. The Morgan fingerprint density at radius 1 is 1.15 bits per heavy atom. The SMILES string of the molecule is Fc1ccc([C@H]2Oc3ccc(Cl)cc3[C@H]3CC(c4cccs4)=NN32)cc1. The fourth-order valence-corrected chi connectivity index (χ4v) is 4.40. The Morgan fingerprint density at radius 2 is 2.00 bits per heavy atom. The molecule has 3 aromatic rings. The summed E-state index contributed by atoms with van der Waals surface area (Å²) in [6, 6.07) is 16.2. The van der Waals surface area contributed by atoms with E-state index in [1.807, 2.05) is 34.7 Å². The fraction of sp³-hybridized carbons (Fsp3) is 0.150. The van der Waals surface area contributed by atoms with Crippen LogP contribution in [-0.4, -0.2) is 10.7 Å². The number of hydrogen-bond acceptors (Lipinski definition) is 4. The first-order valence-corrected chi connectivity index (χ1v) is 9.56. The quantitative estimate of drug-likeness (QED) is 0.559. The first kappa shape index (κ1) is 15.9. The van der Waals surface area contributed by atoms with Gasteiger partial charge in [0.2, 0.25) is 6.23 Å². The predicted octanol–water partition coefficient (Wildman–Crippen LogP) is 5.78. The number of rotatable bonds is 2. The third-order valence-corrected chi connectivity index (χ3v) is 5.87. The maximum Gasteiger partial charge on any atom is 0.213 e. The average molecular weight is 385 g/mol. The standard InChI is InChI=1S/C20H14ClFN2OS/c21-13-5-8-18-15(10-13)17-11-16(19-2-1-9-26-19)23-24(17)20(25-18)12-3-6-14(22)7-4-12/h1-10,17,20H,11H2/t17-,20-/m1/s1. The molecule has 0 radical (unpaired) electrons. The summed E-state index contributed by atoms with van der Waals surface area (Å²) in [7, 11) is 0. The number of halogens is 2. The highest BCUT2D eigenvalue weighted by Gasteiger charge is 2.41. The van der Waals surface area contributed by atoms with E-state index < -0.39 is 6.23 Å². The van der Waals surface area contributed by atoms with Crippen molar-refractivity contribution >= 4 is 28.6 Å². The molecular weight excluding hydrogens is 371 g/mol. The second-order valence-electron chi connectivity index (χ2n) is 6.33. The van der Waals surface area contributed by atoms with E-state index in [2.05, 4.69) is 6.07 Å². The first-order chi connectivity index (χ1) is 12.7. The van der Waals surface area contributed by atoms with Crippen molar-refractivity contribution in [3.8, 4) is 5.75 Å². The second kappa shape index (κ2) is 6.11. The van der Waals surface area contributed by atoms with Crippen molar-refractivity contribution in [3.05, 3.63) is 86.8 Å². The molecule has 3 heterocycles. The normalized spacial score (nSPS) is 21.0. The average Bonchev–Trinajstić information content (AvgIpc) is 3.32. The third-order valence-electron chi connectivity index (χ3n) is 4.71. The van der Waals surface area contributed by atoms with Crippen molar-refractivity contribution in [2.45, 2.75) is 18.7 Å². The van der Waals surface area contributed by atoms with Crippen LogP contribution in [0.2, 0.25) is 5.02 Å². The largest absolute Gasteiger partial charge is 0.464 e. The minimum Gasteiger partial charge on any atom is -0.464 e. The van der Waals surface area contributed by atoms with Crippen LogP contribution < -0.4 is 4.74 Å². The molecule has 0 saturated heterocycles. The lowest BCUT2D eigenvalue weighted by Crippen LogP contribution is -2.33. The van der Waals surface area contributed by atoms with Gasteiger partial charge in [0.15, 0.2) is 0 Å². The van der Waals surface area contributed by atoms with Crippen LogP contribution in [0, 0.1) is 5.82 Å². The molecule has 2 aliphatic rings. The minimum absolute atomic E-state index is 0.0459. The Hall–Kier alpha value is -2.37. The van der Waals surface area contributed by atoms with Crippen LogP contribution in [0.15, 0.2) is 65.1 Å². The Morgan fingerprint density at radius 3 is 2.77 bits per heavy atom. The number of thiophene rings is 1. The monoisotopic (exact) mass is 384 g/mol. The lowest BCUT2D eigenvalue weighted by Gasteiger charge is -2.38. The number of benzene rings is 2. The van der Waals surface area contributed by atoms with Gasteiger partial charge in [-0.15, -0.1) is 11.3 Å². The lowest BCUT2D eigenvalue weighted by atomic mass is 9.97. The molecular formula is C20H14ClFN2OS. The summed E-state index contributed by atoms with van der Waals surface area (Å²) >= 11 is 7.90. The van der Waals surface area contributed by atoms with Gasteiger partial charge in [0.1, 0.15) is 11.6 Å². The maximum absolute atomic E-state index is 13.4. The van der Waals surface area contributed by atoms with Gasteiger partial charge in [-0.25, -0.2) is 9.40 Å². The van der Waals surface area contributed by atoms with Crippen molar-refractivity contribution in [1.29, 1.82) is 0 Å². The molecule has 0 saturated carbocycles. The molecule has 0 spiro atoms. The lowest BCUT2D eigenvalue weighted by molar-refractivity contribution is -0.0190. The molecule has 0 amide bonds. The van der Waals surface area contributed by atoms with Crippen LogP contribution in [0.25, 0.3) is 0 Å². The molecule has 6 heteroatoms. The topological polar surface area (TPSA) is 24.8 Å². The molecule has 0 fully saturated rings. The van der Waals surface area contributed by atoms with Crippen molar-refractivity contribution < 1.29 is 9.13 Å². The van der Waals surface area contributed by atoms with E-state index in [1.165, 1.54) is 12.1 Å². The van der Waals surface area contributed by atoms with Crippen LogP contribution in [0.1, 0.15) is 34.7 Å². The molecule has 2 aliphatic heterocycles. The molecule has 3 nitrogen and oxygen atoms in total. The third kappa shape index (κ3) is 2.59. The van der Waals surface area contributed by atoms with Crippen molar-refractivity contribution in [1.82, 2.24) is 5.01 Å². The van der Waals surface area contributed by atoms with E-state index in [1.54, 1.807) is 23.5 Å². The van der Waals surface area contributed by atoms with Gasteiger partial charge in [-0.3, -0.25) is 0 Å². The molecule has 0 bridgehead atoms. The van der Waals surface area contributed by atoms with E-state index in [0.29, 0.717) is 5.02 Å². The molecule has 2 aromatic carbocycles. The van der Waals surface area contributed by atoms with Crippen molar-refractivity contribution in [2.24, 2.45) is 5.10 Å². The van der Waals surface area contributed by atoms with Gasteiger partial charge in [0, 0.05) is 22.6 Å². The first-order valence-electron chi connectivity index (χ1n) is 8.30. The van der Waals surface area contributed by atoms with Gasteiger partial charge in [0.25, 0.3) is 0 Å². The van der Waals surface area contributed by atoms with Gasteiger partial charge in [-0.1, -0.05) is 29.8 Å². The highest BCUT2D eigenvalue weighted by molar-refractivity contribution is 7.12. The van der Waals surface area contributed by atoms with Gasteiger partial charge in [-0.05, 0) is 41.8 Å². The van der Waals surface area contributed by atoms with E-state index in [9.17, 15) is 4.39 Å². The van der Waals surface area contributed by atoms with E-state index in [-0.39, 0.29) is 11.9 Å². The second-order valence-corrected chi connectivity index (χ2v) is 7.71. The van der Waals surface area contributed by atoms with E-state index >= 15 is 0 Å². The molecule has 1 aromatic heterocycles. The molecule has 5 rings (SSSR count). The van der Waals surface area contributed by atoms with Gasteiger partial charge in [0.05, 0.1) is 16.6 Å². The summed E-state index contributed by atoms with van der Waals surface area (Å²) in [5.74, 6) is 0.532. The number of nitrogens with zero attached hydrogens (tertiary/aromatic N) is 2. The summed E-state index contributed by atoms with van der Waals surface area (Å²) in [6.07, 6.45) is 0.390. The number of hydrazone groups is 1. The van der Waals surface area contributed by atoms with Crippen LogP contribution >= 0.6 is 22.9 Å². The number of fused-ring (bicyclic) bond motifs is 3. The molecule has 130 valence electrons. The Labute approximate surface area is 159 Å². The molecule has 26 heavy (non-hydrogen) atoms. The van der Waals surface area contributed by atoms with Crippen LogP contribution in [0.5, 0.6) is 5.75 Å². The summed E-state index contributed by atoms with van der Waals surface area (Å²) < 4.78 is 19.6. The van der Waals surface area contributed by atoms with Crippen molar-refractivity contribution in [3.63, 3.8) is 0 Å². The minimum atomic E-state index is -0.397. The zero-order valence-electron chi connectivity index (χ0n) is 13.6. The summed E-state index contributed by atoms with van der Waals surface area (Å²) in [6.45, 7) is 0. The molecule has 0 unspecified atom stereocenters. The van der Waals surface area contributed by atoms with E-state index in [4.69, 9.17) is 21.4 Å². The van der Waals surface area contributed by atoms with E-state index in [0.717, 1.165) is 33.9 Å². The molecule has 2 atom stereocenters. The van der Waals surface area contributed by atoms with Crippen LogP contribution in [0.3, 0.4) is 0 Å². The molecule has 0 N–H and O–H groups in total. The maximum atomic E-state index is 13.4. The van der Waals surface area contributed by atoms with Gasteiger partial charge in [-0.2, -0.15) is 5.10 Å². The summed E-state index contributed by atoms with van der Waals surface area (Å²) in [4.78, 5) is 1.15. The Bertz CT molecular complexity index is 988. The highest BCUT2D eigenvalue weighted by atomic mass is 35.5. The number of hydrogen-bond donors (Lipinski definition) is 0. The fourth-order valence-electron chi connectivity index (χ4n) is 3.50. The molecule has 0 aliphatic carbocycles. The van der Waals surface area contributed by atoms with Crippen molar-refractivity contribution in [2.75, 3.05) is 0 Å². The summed E-state index contributed by atoms with van der Waals surface area (Å²) in [5.41, 5.74) is 2.94. The summed E-state index contributed by atoms with van der Waals surface area (Å²) in [5, 5.41) is 9.56. The smallest absolute Gasteiger partial charge is 0.213 e. The number of ether oxygens (including phenoxy) is 1. The zero-order valence-corrected chi connectivity index (χ0v) is 15.2.